The molecule has 0 bridgehead atoms. The first kappa shape index (κ1) is 13.7. The van der Waals surface area contributed by atoms with Crippen molar-refractivity contribution in [2.45, 2.75) is 12.2 Å². The van der Waals surface area contributed by atoms with Crippen molar-refractivity contribution in [3.05, 3.63) is 39.7 Å². The zero-order valence-corrected chi connectivity index (χ0v) is 9.91. The number of rotatable bonds is 6. The van der Waals surface area contributed by atoms with Gasteiger partial charge in [-0.3, -0.25) is 14.3 Å². The molecule has 0 spiro atoms. The van der Waals surface area contributed by atoms with Crippen LogP contribution in [-0.2, 0) is 16.6 Å². The lowest BCUT2D eigenvalue weighted by molar-refractivity contribution is -0.387. The molecule has 2 N–H and O–H groups in total. The van der Waals surface area contributed by atoms with Crippen molar-refractivity contribution in [3.63, 3.8) is 0 Å². The van der Waals surface area contributed by atoms with Crippen LogP contribution in [0.1, 0.15) is 12.0 Å². The van der Waals surface area contributed by atoms with Crippen molar-refractivity contribution in [3.8, 4) is 0 Å². The molecule has 0 heterocycles. The Morgan fingerprint density at radius 3 is 2.76 bits per heavy atom. The van der Waals surface area contributed by atoms with E-state index in [1.54, 1.807) is 0 Å². The number of benzene rings is 1. The second-order valence-electron chi connectivity index (χ2n) is 3.44. The maximum Gasteiger partial charge on any atom is 0.305 e. The number of nitro groups is 1. The highest BCUT2D eigenvalue weighted by Gasteiger charge is 2.18. The van der Waals surface area contributed by atoms with Gasteiger partial charge >= 0.3 is 5.69 Å². The van der Waals surface area contributed by atoms with Crippen molar-refractivity contribution in [1.82, 2.24) is 0 Å². The first-order chi connectivity index (χ1) is 8.06. The standard InChI is InChI=1S/C10H13FN2O3S/c11-10-8(7-17(16)6-2-5-12)3-1-4-9(10)13(14)15/h1,3-4H,2,5-7,12H2. The van der Waals surface area contributed by atoms with E-state index in [0.29, 0.717) is 18.7 Å². The van der Waals surface area contributed by atoms with Gasteiger partial charge < -0.3 is 5.73 Å². The number of nitrogens with two attached hydrogens (primary N) is 1. The number of hydrogen-bond donors (Lipinski definition) is 1. The van der Waals surface area contributed by atoms with E-state index in [4.69, 9.17) is 5.73 Å². The fourth-order valence-electron chi connectivity index (χ4n) is 1.31. The van der Waals surface area contributed by atoms with E-state index in [9.17, 15) is 18.7 Å². The third-order valence-electron chi connectivity index (χ3n) is 2.15. The van der Waals surface area contributed by atoms with E-state index in [1.165, 1.54) is 12.1 Å². The largest absolute Gasteiger partial charge is 0.330 e. The number of hydrogen-bond acceptors (Lipinski definition) is 4. The smallest absolute Gasteiger partial charge is 0.305 e. The van der Waals surface area contributed by atoms with E-state index in [0.717, 1.165) is 6.07 Å². The summed E-state index contributed by atoms with van der Waals surface area (Å²) in [6, 6.07) is 3.88. The molecule has 5 nitrogen and oxygen atoms in total. The summed E-state index contributed by atoms with van der Waals surface area (Å²) in [6.45, 7) is 0.420. The highest BCUT2D eigenvalue weighted by molar-refractivity contribution is 7.84. The molecule has 0 saturated carbocycles. The molecule has 7 heteroatoms. The summed E-state index contributed by atoms with van der Waals surface area (Å²) in [5, 5.41) is 10.5. The van der Waals surface area contributed by atoms with Gasteiger partial charge in [0, 0.05) is 28.2 Å². The van der Waals surface area contributed by atoms with Crippen LogP contribution in [-0.4, -0.2) is 21.4 Å². The Morgan fingerprint density at radius 1 is 1.47 bits per heavy atom. The van der Waals surface area contributed by atoms with E-state index in [2.05, 4.69) is 0 Å². The summed E-state index contributed by atoms with van der Waals surface area (Å²) >= 11 is 0. The Morgan fingerprint density at radius 2 is 2.18 bits per heavy atom. The maximum absolute atomic E-state index is 13.6. The van der Waals surface area contributed by atoms with E-state index >= 15 is 0 Å². The fraction of sp³-hybridized carbons (Fsp3) is 0.400. The van der Waals surface area contributed by atoms with Crippen LogP contribution in [0, 0.1) is 15.9 Å². The lowest BCUT2D eigenvalue weighted by Crippen LogP contribution is -2.08. The predicted molar refractivity (Wildman–Crippen MR) is 63.4 cm³/mol. The highest BCUT2D eigenvalue weighted by Crippen LogP contribution is 2.21. The van der Waals surface area contributed by atoms with Crippen LogP contribution >= 0.6 is 0 Å². The average Bonchev–Trinajstić information content (AvgIpc) is 2.28. The second kappa shape index (κ2) is 6.41. The van der Waals surface area contributed by atoms with Crippen molar-refractivity contribution >= 4 is 16.5 Å². The monoisotopic (exact) mass is 260 g/mol. The van der Waals surface area contributed by atoms with Gasteiger partial charge in [-0.05, 0) is 13.0 Å². The normalized spacial score (nSPS) is 12.4. The van der Waals surface area contributed by atoms with Gasteiger partial charge in [0.15, 0.2) is 0 Å². The van der Waals surface area contributed by atoms with Crippen molar-refractivity contribution in [2.75, 3.05) is 12.3 Å². The first-order valence-corrected chi connectivity index (χ1v) is 6.52. The maximum atomic E-state index is 13.6. The zero-order valence-electron chi connectivity index (χ0n) is 9.10. The zero-order chi connectivity index (χ0) is 12.8. The second-order valence-corrected chi connectivity index (χ2v) is 5.01. The molecule has 0 aromatic heterocycles. The summed E-state index contributed by atoms with van der Waals surface area (Å²) in [4.78, 5) is 9.71. The molecule has 17 heavy (non-hydrogen) atoms. The van der Waals surface area contributed by atoms with E-state index < -0.39 is 27.2 Å². The predicted octanol–water partition coefficient (Wildman–Crippen LogP) is 1.33. The van der Waals surface area contributed by atoms with Crippen LogP contribution in [0.25, 0.3) is 0 Å². The summed E-state index contributed by atoms with van der Waals surface area (Å²) in [6.07, 6.45) is 0.586. The third kappa shape index (κ3) is 3.86. The van der Waals surface area contributed by atoms with Crippen LogP contribution in [0.3, 0.4) is 0 Å². The Bertz CT molecular complexity index is 440. The van der Waals surface area contributed by atoms with Crippen LogP contribution < -0.4 is 5.73 Å². The minimum Gasteiger partial charge on any atom is -0.330 e. The Hall–Kier alpha value is -1.34. The molecule has 1 unspecified atom stereocenters. The molecule has 1 atom stereocenters. The Kier molecular flexibility index (Phi) is 5.17. The number of nitro benzene ring substituents is 1. The molecule has 0 amide bonds. The van der Waals surface area contributed by atoms with Gasteiger partial charge in [0.1, 0.15) is 0 Å². The first-order valence-electron chi connectivity index (χ1n) is 5.03. The molecule has 1 aromatic rings. The molecular weight excluding hydrogens is 247 g/mol. The van der Waals surface area contributed by atoms with Gasteiger partial charge in [-0.25, -0.2) is 0 Å². The number of nitrogens with zero attached hydrogens (tertiary/aromatic N) is 1. The molecule has 0 aliphatic carbocycles. The average molecular weight is 260 g/mol. The summed E-state index contributed by atoms with van der Waals surface area (Å²) < 4.78 is 25.1. The van der Waals surface area contributed by atoms with Gasteiger partial charge in [-0.15, -0.1) is 0 Å². The van der Waals surface area contributed by atoms with E-state index in [1.807, 2.05) is 0 Å². The molecule has 0 fully saturated rings. The fourth-order valence-corrected chi connectivity index (χ4v) is 2.51. The van der Waals surface area contributed by atoms with E-state index in [-0.39, 0.29) is 11.3 Å². The topological polar surface area (TPSA) is 86.2 Å². The molecule has 0 aliphatic heterocycles. The van der Waals surface area contributed by atoms with Crippen LogP contribution in [0.2, 0.25) is 0 Å². The molecular formula is C10H13FN2O3S. The van der Waals surface area contributed by atoms with Crippen LogP contribution in [0.5, 0.6) is 0 Å². The molecule has 0 saturated heterocycles. The van der Waals surface area contributed by atoms with Gasteiger partial charge in [0.05, 0.1) is 10.7 Å². The van der Waals surface area contributed by atoms with Crippen molar-refractivity contribution < 1.29 is 13.5 Å². The summed E-state index contributed by atoms with van der Waals surface area (Å²) in [5.41, 5.74) is 4.79. The molecule has 1 rings (SSSR count). The quantitative estimate of drug-likeness (QED) is 0.617. The summed E-state index contributed by atoms with van der Waals surface area (Å²) in [7, 11) is -1.25. The van der Waals surface area contributed by atoms with Gasteiger partial charge in [-0.1, -0.05) is 12.1 Å². The van der Waals surface area contributed by atoms with Crippen LogP contribution in [0.4, 0.5) is 10.1 Å². The van der Waals surface area contributed by atoms with Gasteiger partial charge in [0.2, 0.25) is 5.82 Å². The molecule has 0 aliphatic rings. The highest BCUT2D eigenvalue weighted by atomic mass is 32.2. The van der Waals surface area contributed by atoms with Crippen LogP contribution in [0.15, 0.2) is 18.2 Å². The third-order valence-corrected chi connectivity index (χ3v) is 3.52. The number of halogens is 1. The molecule has 94 valence electrons. The Balaban J connectivity index is 2.81. The minimum atomic E-state index is -1.25. The molecule has 0 radical (unpaired) electrons. The lowest BCUT2D eigenvalue weighted by atomic mass is 10.2. The van der Waals surface area contributed by atoms with Gasteiger partial charge in [0.25, 0.3) is 0 Å². The van der Waals surface area contributed by atoms with Crippen molar-refractivity contribution in [1.29, 1.82) is 0 Å². The van der Waals surface area contributed by atoms with Crippen molar-refractivity contribution in [2.24, 2.45) is 5.73 Å². The van der Waals surface area contributed by atoms with Gasteiger partial charge in [-0.2, -0.15) is 4.39 Å². The minimum absolute atomic E-state index is 0.0203. The molecule has 1 aromatic carbocycles. The Labute approximate surface area is 100 Å². The lowest BCUT2D eigenvalue weighted by Gasteiger charge is -2.03. The SMILES string of the molecule is NCCCS(=O)Cc1cccc([N+](=O)[O-])c1F. The summed E-state index contributed by atoms with van der Waals surface area (Å²) in [5.74, 6) is -0.551.